The van der Waals surface area contributed by atoms with Crippen LogP contribution in [0, 0.1) is 11.8 Å². The van der Waals surface area contributed by atoms with Crippen molar-refractivity contribution in [3.8, 4) is 11.8 Å². The van der Waals surface area contributed by atoms with Crippen molar-refractivity contribution >= 4 is 5.91 Å². The molecule has 0 atom stereocenters. The van der Waals surface area contributed by atoms with E-state index in [-0.39, 0.29) is 5.91 Å². The smallest absolute Gasteiger partial charge is 0.257 e. The number of furan rings is 1. The standard InChI is InChI=1S/C18H19NO2/c1-2-3-12-19(18(20)17-11-14-21-15-17)13-7-10-16-8-5-4-6-9-16/h4-6,8-9,11,14-15H,2-3,12-13H2,1H3. The Hall–Kier alpha value is -2.47. The van der Waals surface area contributed by atoms with Crippen LogP contribution in [0.25, 0.3) is 0 Å². The second kappa shape index (κ2) is 7.96. The second-order valence-corrected chi connectivity index (χ2v) is 4.76. The summed E-state index contributed by atoms with van der Waals surface area (Å²) < 4.78 is 4.98. The van der Waals surface area contributed by atoms with Crippen molar-refractivity contribution in [3.63, 3.8) is 0 Å². The molecule has 0 aliphatic carbocycles. The molecule has 2 rings (SSSR count). The third-order valence-corrected chi connectivity index (χ3v) is 3.11. The highest BCUT2D eigenvalue weighted by Gasteiger charge is 2.15. The number of benzene rings is 1. The molecule has 0 unspecified atom stereocenters. The molecule has 0 N–H and O–H groups in total. The van der Waals surface area contributed by atoms with Gasteiger partial charge >= 0.3 is 0 Å². The molecule has 2 aromatic rings. The Morgan fingerprint density at radius 2 is 2.05 bits per heavy atom. The monoisotopic (exact) mass is 281 g/mol. The Balaban J connectivity index is 2.03. The predicted molar refractivity (Wildman–Crippen MR) is 82.8 cm³/mol. The minimum absolute atomic E-state index is 0.0282. The van der Waals surface area contributed by atoms with Gasteiger partial charge in [-0.3, -0.25) is 4.79 Å². The molecule has 1 aromatic heterocycles. The van der Waals surface area contributed by atoms with E-state index in [1.54, 1.807) is 11.0 Å². The maximum atomic E-state index is 12.4. The van der Waals surface area contributed by atoms with Gasteiger partial charge in [0.2, 0.25) is 0 Å². The highest BCUT2D eigenvalue weighted by molar-refractivity contribution is 5.94. The fraction of sp³-hybridized carbons (Fsp3) is 0.278. The Morgan fingerprint density at radius 3 is 2.71 bits per heavy atom. The van der Waals surface area contributed by atoms with Crippen LogP contribution in [-0.4, -0.2) is 23.9 Å². The van der Waals surface area contributed by atoms with E-state index >= 15 is 0 Å². The van der Waals surface area contributed by atoms with Crippen LogP contribution >= 0.6 is 0 Å². The Morgan fingerprint density at radius 1 is 1.24 bits per heavy atom. The van der Waals surface area contributed by atoms with Crippen LogP contribution in [0.5, 0.6) is 0 Å². The first-order chi connectivity index (χ1) is 10.3. The van der Waals surface area contributed by atoms with Gasteiger partial charge in [0.1, 0.15) is 6.26 Å². The van der Waals surface area contributed by atoms with Crippen molar-refractivity contribution in [1.82, 2.24) is 4.90 Å². The SMILES string of the molecule is CCCCN(CC#Cc1ccccc1)C(=O)c1ccoc1. The first-order valence-corrected chi connectivity index (χ1v) is 7.16. The Kier molecular flexibility index (Phi) is 5.66. The van der Waals surface area contributed by atoms with Crippen LogP contribution < -0.4 is 0 Å². The summed E-state index contributed by atoms with van der Waals surface area (Å²) in [6, 6.07) is 11.5. The molecule has 0 aliphatic rings. The lowest BCUT2D eigenvalue weighted by molar-refractivity contribution is 0.0774. The summed E-state index contributed by atoms with van der Waals surface area (Å²) in [7, 11) is 0. The lowest BCUT2D eigenvalue weighted by atomic mass is 10.2. The molecule has 108 valence electrons. The zero-order chi connectivity index (χ0) is 14.9. The van der Waals surface area contributed by atoms with E-state index in [4.69, 9.17) is 4.42 Å². The first kappa shape index (κ1) is 14.9. The van der Waals surface area contributed by atoms with Crippen molar-refractivity contribution in [2.45, 2.75) is 19.8 Å². The lowest BCUT2D eigenvalue weighted by Gasteiger charge is -2.19. The number of rotatable bonds is 5. The quantitative estimate of drug-likeness (QED) is 0.785. The molecule has 0 spiro atoms. The van der Waals surface area contributed by atoms with E-state index in [9.17, 15) is 4.79 Å². The molecule has 0 saturated carbocycles. The normalized spacial score (nSPS) is 9.76. The third kappa shape index (κ3) is 4.54. The molecule has 0 aliphatic heterocycles. The average Bonchev–Trinajstić information content (AvgIpc) is 3.05. The van der Waals surface area contributed by atoms with Gasteiger partial charge in [0.15, 0.2) is 0 Å². The Labute approximate surface area is 125 Å². The predicted octanol–water partition coefficient (Wildman–Crippen LogP) is 3.57. The van der Waals surface area contributed by atoms with E-state index in [1.807, 2.05) is 30.3 Å². The van der Waals surface area contributed by atoms with Gasteiger partial charge in [-0.05, 0) is 24.6 Å². The molecule has 3 heteroatoms. The first-order valence-electron chi connectivity index (χ1n) is 7.16. The van der Waals surface area contributed by atoms with Gasteiger partial charge in [-0.1, -0.05) is 43.4 Å². The highest BCUT2D eigenvalue weighted by atomic mass is 16.3. The molecule has 0 fully saturated rings. The van der Waals surface area contributed by atoms with Crippen molar-refractivity contribution in [2.24, 2.45) is 0 Å². The van der Waals surface area contributed by atoms with Crippen LogP contribution in [0.3, 0.4) is 0 Å². The van der Waals surface area contributed by atoms with Crippen LogP contribution in [0.4, 0.5) is 0 Å². The van der Waals surface area contributed by atoms with Crippen molar-refractivity contribution < 1.29 is 9.21 Å². The van der Waals surface area contributed by atoms with Crippen LogP contribution in [0.2, 0.25) is 0 Å². The van der Waals surface area contributed by atoms with Crippen molar-refractivity contribution in [3.05, 3.63) is 60.1 Å². The summed E-state index contributed by atoms with van der Waals surface area (Å²) in [6.45, 7) is 3.25. The molecule has 0 saturated heterocycles. The van der Waals surface area contributed by atoms with Crippen LogP contribution in [-0.2, 0) is 0 Å². The summed E-state index contributed by atoms with van der Waals surface area (Å²) in [6.07, 6.45) is 5.00. The van der Waals surface area contributed by atoms with E-state index in [1.165, 1.54) is 12.5 Å². The number of nitrogens with zero attached hydrogens (tertiary/aromatic N) is 1. The van der Waals surface area contributed by atoms with E-state index in [0.29, 0.717) is 18.7 Å². The van der Waals surface area contributed by atoms with E-state index in [0.717, 1.165) is 18.4 Å². The molecular formula is C18H19NO2. The summed E-state index contributed by atoms with van der Waals surface area (Å²) in [5.41, 5.74) is 1.54. The maximum absolute atomic E-state index is 12.4. The lowest BCUT2D eigenvalue weighted by Crippen LogP contribution is -2.32. The van der Waals surface area contributed by atoms with Gasteiger partial charge in [0.25, 0.3) is 5.91 Å². The van der Waals surface area contributed by atoms with E-state index in [2.05, 4.69) is 18.8 Å². The zero-order valence-corrected chi connectivity index (χ0v) is 12.2. The number of carbonyl (C=O) groups excluding carboxylic acids is 1. The van der Waals surface area contributed by atoms with Gasteiger partial charge in [-0.2, -0.15) is 0 Å². The number of unbranched alkanes of at least 4 members (excludes halogenated alkanes) is 1. The number of hydrogen-bond acceptors (Lipinski definition) is 2. The van der Waals surface area contributed by atoms with Gasteiger partial charge in [-0.15, -0.1) is 0 Å². The molecule has 21 heavy (non-hydrogen) atoms. The molecule has 3 nitrogen and oxygen atoms in total. The third-order valence-electron chi connectivity index (χ3n) is 3.11. The van der Waals surface area contributed by atoms with Crippen LogP contribution in [0.15, 0.2) is 53.3 Å². The minimum Gasteiger partial charge on any atom is -0.472 e. The topological polar surface area (TPSA) is 33.5 Å². The van der Waals surface area contributed by atoms with Gasteiger partial charge in [-0.25, -0.2) is 0 Å². The summed E-state index contributed by atoms with van der Waals surface area (Å²) >= 11 is 0. The number of carbonyl (C=O) groups is 1. The highest BCUT2D eigenvalue weighted by Crippen LogP contribution is 2.07. The fourth-order valence-corrected chi connectivity index (χ4v) is 1.93. The molecular weight excluding hydrogens is 262 g/mol. The van der Waals surface area contributed by atoms with Gasteiger partial charge < -0.3 is 9.32 Å². The van der Waals surface area contributed by atoms with Gasteiger partial charge in [0.05, 0.1) is 18.4 Å². The average molecular weight is 281 g/mol. The molecule has 1 heterocycles. The molecule has 1 amide bonds. The fourth-order valence-electron chi connectivity index (χ4n) is 1.93. The molecule has 0 bridgehead atoms. The second-order valence-electron chi connectivity index (χ2n) is 4.76. The zero-order valence-electron chi connectivity index (χ0n) is 12.2. The largest absolute Gasteiger partial charge is 0.472 e. The summed E-state index contributed by atoms with van der Waals surface area (Å²) in [4.78, 5) is 14.1. The summed E-state index contributed by atoms with van der Waals surface area (Å²) in [5, 5.41) is 0. The van der Waals surface area contributed by atoms with E-state index < -0.39 is 0 Å². The number of hydrogen-bond donors (Lipinski definition) is 0. The summed E-state index contributed by atoms with van der Waals surface area (Å²) in [5.74, 6) is 6.13. The van der Waals surface area contributed by atoms with Crippen molar-refractivity contribution in [2.75, 3.05) is 13.1 Å². The Bertz CT molecular complexity index is 606. The van der Waals surface area contributed by atoms with Gasteiger partial charge in [0, 0.05) is 12.1 Å². The number of amides is 1. The minimum atomic E-state index is -0.0282. The molecule has 1 aromatic carbocycles. The van der Waals surface area contributed by atoms with Crippen LogP contribution in [0.1, 0.15) is 35.7 Å². The molecule has 0 radical (unpaired) electrons. The van der Waals surface area contributed by atoms with Crippen molar-refractivity contribution in [1.29, 1.82) is 0 Å². The maximum Gasteiger partial charge on any atom is 0.257 e.